The summed E-state index contributed by atoms with van der Waals surface area (Å²) >= 11 is 0. The van der Waals surface area contributed by atoms with Crippen LogP contribution in [0.5, 0.6) is 0 Å². The minimum absolute atomic E-state index is 0.0337. The van der Waals surface area contributed by atoms with Crippen molar-refractivity contribution >= 4 is 35.4 Å². The van der Waals surface area contributed by atoms with E-state index in [1.165, 1.54) is 0 Å². The number of carbonyl (C=O) groups is 6. The summed E-state index contributed by atoms with van der Waals surface area (Å²) in [5.41, 5.74) is 1.16. The maximum Gasteiger partial charge on any atom is 0.246 e. The third kappa shape index (κ3) is 13.8. The molecule has 2 aliphatic rings. The van der Waals surface area contributed by atoms with Gasteiger partial charge < -0.3 is 41.7 Å². The molecule has 73 heavy (non-hydrogen) atoms. The highest BCUT2D eigenvalue weighted by Gasteiger charge is 2.51. The van der Waals surface area contributed by atoms with Gasteiger partial charge in [-0.3, -0.25) is 28.8 Å². The number of likely N-dealkylation sites (N-methyl/N-ethyl adjacent to an activating group) is 2. The van der Waals surface area contributed by atoms with Gasteiger partial charge in [-0.2, -0.15) is 0 Å². The van der Waals surface area contributed by atoms with Gasteiger partial charge in [0, 0.05) is 38.3 Å². The topological polar surface area (TPSA) is 242 Å². The molecular formula is C53H78N14O6. The Morgan fingerprint density at radius 2 is 1.21 bits per heavy atom. The number of amides is 6. The number of benzene rings is 2. The van der Waals surface area contributed by atoms with Gasteiger partial charge in [-0.05, 0) is 83.0 Å². The van der Waals surface area contributed by atoms with E-state index in [2.05, 4.69) is 52.5 Å². The van der Waals surface area contributed by atoms with Crippen molar-refractivity contribution < 1.29 is 28.8 Å². The molecule has 20 heteroatoms. The SMILES string of the molecule is CNCC(=O)NC(C(=O)N1CC(C)(n2cc(CCCc3cn(C4CC(C(=O)NC(C)c5ccccc5)N(C(=O)C(NC(=O)C(C)NC)C(C)(C)C)C4)nn3)nn2)CC1C(=O)NC(C)c1ccccc1)C(C)(C)C. The van der Waals surface area contributed by atoms with Crippen LogP contribution < -0.4 is 31.9 Å². The summed E-state index contributed by atoms with van der Waals surface area (Å²) in [6, 6.07) is 14.2. The third-order valence-corrected chi connectivity index (χ3v) is 14.2. The summed E-state index contributed by atoms with van der Waals surface area (Å²) in [4.78, 5) is 86.7. The highest BCUT2D eigenvalue weighted by molar-refractivity contribution is 5.95. The van der Waals surface area contributed by atoms with Crippen LogP contribution in [-0.2, 0) is 47.1 Å². The van der Waals surface area contributed by atoms with E-state index in [0.717, 1.165) is 22.5 Å². The lowest BCUT2D eigenvalue weighted by Crippen LogP contribution is -2.59. The molecule has 9 atom stereocenters. The molecule has 0 bridgehead atoms. The lowest BCUT2D eigenvalue weighted by molar-refractivity contribution is -0.144. The summed E-state index contributed by atoms with van der Waals surface area (Å²) in [7, 11) is 3.34. The molecule has 0 radical (unpaired) electrons. The van der Waals surface area contributed by atoms with Gasteiger partial charge in [0.25, 0.3) is 0 Å². The summed E-state index contributed by atoms with van der Waals surface area (Å²) in [5.74, 6) is -1.95. The van der Waals surface area contributed by atoms with Crippen LogP contribution >= 0.6 is 0 Å². The smallest absolute Gasteiger partial charge is 0.246 e. The zero-order chi connectivity index (χ0) is 53.4. The van der Waals surface area contributed by atoms with Crippen LogP contribution in [0.25, 0.3) is 0 Å². The molecule has 0 aliphatic carbocycles. The van der Waals surface area contributed by atoms with Crippen LogP contribution in [0.3, 0.4) is 0 Å². The summed E-state index contributed by atoms with van der Waals surface area (Å²) in [6.45, 7) is 19.2. The maximum atomic E-state index is 14.6. The number of hydrogen-bond acceptors (Lipinski definition) is 12. The van der Waals surface area contributed by atoms with Crippen LogP contribution in [0.15, 0.2) is 73.1 Å². The fourth-order valence-corrected chi connectivity index (χ4v) is 9.60. The average Bonchev–Trinajstić information content (AvgIpc) is 4.19. The third-order valence-electron chi connectivity index (χ3n) is 14.2. The molecular weight excluding hydrogens is 929 g/mol. The monoisotopic (exact) mass is 1010 g/mol. The molecule has 2 saturated heterocycles. The van der Waals surface area contributed by atoms with E-state index in [9.17, 15) is 28.8 Å². The fraction of sp³-hybridized carbons (Fsp3) is 0.585. The largest absolute Gasteiger partial charge is 0.348 e. The van der Waals surface area contributed by atoms with E-state index >= 15 is 0 Å². The van der Waals surface area contributed by atoms with E-state index < -0.39 is 46.6 Å². The lowest BCUT2D eigenvalue weighted by atomic mass is 9.85. The Labute approximate surface area is 429 Å². The summed E-state index contributed by atoms with van der Waals surface area (Å²) in [5, 5.41) is 35.9. The standard InChI is InChI=1S/C53H78N14O6/c1-33(36-20-15-13-16-21-36)56-47(70)41-26-40(31-64(41)49(72)45(52(7,8)9)59-46(69)35(3)55-12)66-29-38(60-62-66)24-19-25-39-30-67(63-61-39)53(10)27-42(48(71)57-34(2)37-22-17-14-18-23-37)65(32-53)50(73)44(51(4,5)6)58-43(68)28-54-11/h13-18,20-23,29-30,33-35,40-42,44-45,54-55H,19,24-28,31-32H2,1-12H3,(H,56,70)(H,57,71)(H,58,68)(H,59,69). The zero-order valence-electron chi connectivity index (χ0n) is 44.7. The van der Waals surface area contributed by atoms with Crippen molar-refractivity contribution in [3.63, 3.8) is 0 Å². The van der Waals surface area contributed by atoms with E-state index in [-0.39, 0.29) is 79.6 Å². The minimum atomic E-state index is -0.906. The van der Waals surface area contributed by atoms with Crippen molar-refractivity contribution in [1.29, 1.82) is 0 Å². The number of aryl methyl sites for hydroxylation is 2. The Balaban J connectivity index is 1.15. The first-order valence-corrected chi connectivity index (χ1v) is 25.5. The van der Waals surface area contributed by atoms with Gasteiger partial charge >= 0.3 is 0 Å². The van der Waals surface area contributed by atoms with Crippen LogP contribution in [0, 0.1) is 10.8 Å². The fourth-order valence-electron chi connectivity index (χ4n) is 9.60. The van der Waals surface area contributed by atoms with Crippen molar-refractivity contribution in [3.05, 3.63) is 95.6 Å². The Morgan fingerprint density at radius 1 is 0.685 bits per heavy atom. The molecule has 6 rings (SSSR count). The van der Waals surface area contributed by atoms with Crippen LogP contribution in [-0.4, -0.2) is 139 Å². The predicted molar refractivity (Wildman–Crippen MR) is 276 cm³/mol. The van der Waals surface area contributed by atoms with Crippen molar-refractivity contribution in [2.45, 2.75) is 155 Å². The molecule has 2 fully saturated rings. The first-order chi connectivity index (χ1) is 34.4. The molecule has 6 amide bonds. The van der Waals surface area contributed by atoms with Gasteiger partial charge in [-0.15, -0.1) is 10.2 Å². The molecule has 2 aliphatic heterocycles. The summed E-state index contributed by atoms with van der Waals surface area (Å²) in [6.07, 6.45) is 6.03. The predicted octanol–water partition coefficient (Wildman–Crippen LogP) is 3.15. The molecule has 2 aromatic carbocycles. The number of aromatic nitrogens is 6. The molecule has 396 valence electrons. The highest BCUT2D eigenvalue weighted by Crippen LogP contribution is 2.36. The second-order valence-electron chi connectivity index (χ2n) is 22.3. The van der Waals surface area contributed by atoms with Crippen LogP contribution in [0.2, 0.25) is 0 Å². The Kier molecular flexibility index (Phi) is 18.0. The molecule has 4 heterocycles. The molecule has 6 N–H and O–H groups in total. The van der Waals surface area contributed by atoms with Gasteiger partial charge in [0.2, 0.25) is 35.4 Å². The molecule has 4 aromatic rings. The molecule has 0 spiro atoms. The van der Waals surface area contributed by atoms with Crippen LogP contribution in [0.1, 0.15) is 129 Å². The number of likely N-dealkylation sites (tertiary alicyclic amines) is 2. The van der Waals surface area contributed by atoms with Crippen molar-refractivity contribution in [3.8, 4) is 0 Å². The molecule has 0 saturated carbocycles. The first kappa shape index (κ1) is 55.8. The van der Waals surface area contributed by atoms with Crippen molar-refractivity contribution in [2.24, 2.45) is 10.8 Å². The van der Waals surface area contributed by atoms with E-state index in [1.54, 1.807) is 40.2 Å². The van der Waals surface area contributed by atoms with Crippen molar-refractivity contribution in [1.82, 2.24) is 71.7 Å². The maximum absolute atomic E-state index is 14.6. The van der Waals surface area contributed by atoms with Crippen molar-refractivity contribution in [2.75, 3.05) is 33.7 Å². The number of nitrogens with one attached hydrogen (secondary N) is 6. The summed E-state index contributed by atoms with van der Waals surface area (Å²) < 4.78 is 3.47. The quantitative estimate of drug-likeness (QED) is 0.0749. The Morgan fingerprint density at radius 3 is 1.75 bits per heavy atom. The van der Waals surface area contributed by atoms with Crippen LogP contribution in [0.4, 0.5) is 0 Å². The number of nitrogens with zero attached hydrogens (tertiary/aromatic N) is 8. The molecule has 2 aromatic heterocycles. The van der Waals surface area contributed by atoms with Gasteiger partial charge in [0.15, 0.2) is 0 Å². The zero-order valence-corrected chi connectivity index (χ0v) is 44.7. The van der Waals surface area contributed by atoms with Gasteiger partial charge in [-0.1, -0.05) is 113 Å². The lowest BCUT2D eigenvalue weighted by Gasteiger charge is -2.36. The van der Waals surface area contributed by atoms with E-state index in [0.29, 0.717) is 25.7 Å². The second kappa shape index (κ2) is 23.6. The second-order valence-corrected chi connectivity index (χ2v) is 22.3. The van der Waals surface area contributed by atoms with Gasteiger partial charge in [0.05, 0.1) is 47.6 Å². The average molecular weight is 1010 g/mol. The Hall–Kier alpha value is -6.54. The molecule has 9 unspecified atom stereocenters. The van der Waals surface area contributed by atoms with Gasteiger partial charge in [-0.25, -0.2) is 9.36 Å². The minimum Gasteiger partial charge on any atom is -0.348 e. The van der Waals surface area contributed by atoms with E-state index in [1.807, 2.05) is 135 Å². The Bertz CT molecular complexity index is 2540. The number of rotatable bonds is 20. The number of hydrogen-bond donors (Lipinski definition) is 6. The number of carbonyl (C=O) groups excluding carboxylic acids is 6. The highest BCUT2D eigenvalue weighted by atomic mass is 16.2. The van der Waals surface area contributed by atoms with Gasteiger partial charge in [0.1, 0.15) is 24.2 Å². The first-order valence-electron chi connectivity index (χ1n) is 25.5. The normalized spacial score (nSPS) is 21.2. The molecule has 20 nitrogen and oxygen atoms in total. The van der Waals surface area contributed by atoms with E-state index in [4.69, 9.17) is 0 Å².